The lowest BCUT2D eigenvalue weighted by Gasteiger charge is -2.26. The molecule has 2 heterocycles. The number of nitrogens with zero attached hydrogens (tertiary/aromatic N) is 3. The Morgan fingerprint density at radius 1 is 1.35 bits per heavy atom. The molecule has 1 saturated heterocycles. The molecule has 1 N–H and O–H groups in total. The van der Waals surface area contributed by atoms with Crippen LogP contribution < -0.4 is 5.32 Å². The molecule has 2 rings (SSSR count). The van der Waals surface area contributed by atoms with Crippen molar-refractivity contribution in [3.8, 4) is 0 Å². The Kier molecular flexibility index (Phi) is 5.32. The summed E-state index contributed by atoms with van der Waals surface area (Å²) < 4.78 is 0. The Labute approximate surface area is 120 Å². The number of piperidine rings is 1. The molecule has 0 saturated carbocycles. The van der Waals surface area contributed by atoms with Gasteiger partial charge in [-0.05, 0) is 37.7 Å². The molecule has 20 heavy (non-hydrogen) atoms. The molecule has 5 nitrogen and oxygen atoms in total. The number of carbonyl (C=O) groups is 1. The molecule has 1 aliphatic rings. The van der Waals surface area contributed by atoms with E-state index in [-0.39, 0.29) is 5.91 Å². The number of anilines is 1. The molecule has 0 aromatic carbocycles. The van der Waals surface area contributed by atoms with Gasteiger partial charge in [-0.2, -0.15) is 0 Å². The molecule has 110 valence electrons. The topological polar surface area (TPSA) is 58.1 Å². The third-order valence-electron chi connectivity index (χ3n) is 3.52. The zero-order valence-electron chi connectivity index (χ0n) is 12.4. The van der Waals surface area contributed by atoms with Crippen LogP contribution >= 0.6 is 0 Å². The summed E-state index contributed by atoms with van der Waals surface area (Å²) in [5, 5.41) is 3.18. The predicted octanol–water partition coefficient (Wildman–Crippen LogP) is 2.56. The number of amides is 1. The van der Waals surface area contributed by atoms with Gasteiger partial charge in [0, 0.05) is 25.8 Å². The Morgan fingerprint density at radius 3 is 2.80 bits per heavy atom. The second kappa shape index (κ2) is 7.22. The fourth-order valence-corrected chi connectivity index (χ4v) is 2.29. The normalized spacial score (nSPS) is 15.4. The monoisotopic (exact) mass is 276 g/mol. The van der Waals surface area contributed by atoms with Crippen molar-refractivity contribution in [1.82, 2.24) is 14.9 Å². The van der Waals surface area contributed by atoms with E-state index < -0.39 is 0 Å². The third kappa shape index (κ3) is 4.18. The molecule has 1 amide bonds. The van der Waals surface area contributed by atoms with Gasteiger partial charge in [0.25, 0.3) is 5.91 Å². The summed E-state index contributed by atoms with van der Waals surface area (Å²) in [5.74, 6) is 1.22. The van der Waals surface area contributed by atoms with Crippen molar-refractivity contribution in [2.24, 2.45) is 5.92 Å². The van der Waals surface area contributed by atoms with Crippen LogP contribution in [0.25, 0.3) is 0 Å². The largest absolute Gasteiger partial charge is 0.354 e. The van der Waals surface area contributed by atoms with E-state index >= 15 is 0 Å². The number of aromatic nitrogens is 2. The Bertz CT molecular complexity index is 441. The van der Waals surface area contributed by atoms with Crippen molar-refractivity contribution < 1.29 is 4.79 Å². The Morgan fingerprint density at radius 2 is 2.10 bits per heavy atom. The van der Waals surface area contributed by atoms with E-state index in [0.717, 1.165) is 38.9 Å². The molecule has 0 atom stereocenters. The molecular formula is C15H24N4O. The number of carbonyl (C=O) groups excluding carboxylic acids is 1. The van der Waals surface area contributed by atoms with E-state index in [4.69, 9.17) is 0 Å². The fraction of sp³-hybridized carbons (Fsp3) is 0.667. The predicted molar refractivity (Wildman–Crippen MR) is 79.7 cm³/mol. The van der Waals surface area contributed by atoms with Crippen LogP contribution in [-0.2, 0) is 0 Å². The highest BCUT2D eigenvalue weighted by molar-refractivity contribution is 5.92. The lowest BCUT2D eigenvalue weighted by molar-refractivity contribution is 0.0718. The highest BCUT2D eigenvalue weighted by Crippen LogP contribution is 2.12. The highest BCUT2D eigenvalue weighted by Gasteiger charge is 2.19. The molecule has 1 aromatic heterocycles. The minimum Gasteiger partial charge on any atom is -0.354 e. The van der Waals surface area contributed by atoms with Gasteiger partial charge in [0.1, 0.15) is 5.69 Å². The summed E-state index contributed by atoms with van der Waals surface area (Å²) in [6, 6.07) is 1.70. The van der Waals surface area contributed by atoms with Gasteiger partial charge in [-0.1, -0.05) is 13.8 Å². The van der Waals surface area contributed by atoms with Crippen LogP contribution in [0.1, 0.15) is 50.0 Å². The number of nitrogens with one attached hydrogen (secondary N) is 1. The van der Waals surface area contributed by atoms with Crippen LogP contribution in [0, 0.1) is 5.92 Å². The standard InChI is InChI=1S/C15H24N4O/c1-12(2)6-8-16-15-17-9-7-13(18-15)14(20)19-10-4-3-5-11-19/h7,9,12H,3-6,8,10-11H2,1-2H3,(H,16,17,18). The van der Waals surface area contributed by atoms with Crippen molar-refractivity contribution in [3.05, 3.63) is 18.0 Å². The van der Waals surface area contributed by atoms with E-state index in [2.05, 4.69) is 29.1 Å². The van der Waals surface area contributed by atoms with Crippen molar-refractivity contribution >= 4 is 11.9 Å². The molecule has 0 bridgehead atoms. The summed E-state index contributed by atoms with van der Waals surface area (Å²) in [6.07, 6.45) is 6.12. The van der Waals surface area contributed by atoms with Crippen molar-refractivity contribution in [2.45, 2.75) is 39.5 Å². The van der Waals surface area contributed by atoms with Crippen molar-refractivity contribution in [2.75, 3.05) is 25.0 Å². The maximum atomic E-state index is 12.3. The van der Waals surface area contributed by atoms with Crippen LogP contribution in [0.15, 0.2) is 12.3 Å². The van der Waals surface area contributed by atoms with E-state index in [1.54, 1.807) is 12.3 Å². The van der Waals surface area contributed by atoms with Crippen LogP contribution in [-0.4, -0.2) is 40.4 Å². The summed E-state index contributed by atoms with van der Waals surface area (Å²) in [4.78, 5) is 22.7. The first-order valence-electron chi connectivity index (χ1n) is 7.53. The summed E-state index contributed by atoms with van der Waals surface area (Å²) >= 11 is 0. The van der Waals surface area contributed by atoms with Crippen LogP contribution in [0.4, 0.5) is 5.95 Å². The maximum Gasteiger partial charge on any atom is 0.272 e. The van der Waals surface area contributed by atoms with Gasteiger partial charge in [0.2, 0.25) is 5.95 Å². The van der Waals surface area contributed by atoms with Gasteiger partial charge in [-0.25, -0.2) is 9.97 Å². The molecule has 1 fully saturated rings. The summed E-state index contributed by atoms with van der Waals surface area (Å²) in [5.41, 5.74) is 0.494. The van der Waals surface area contributed by atoms with Gasteiger partial charge >= 0.3 is 0 Å². The van der Waals surface area contributed by atoms with Gasteiger partial charge in [0.15, 0.2) is 0 Å². The molecule has 0 spiro atoms. The highest BCUT2D eigenvalue weighted by atomic mass is 16.2. The molecule has 0 aliphatic carbocycles. The minimum absolute atomic E-state index is 0.0269. The SMILES string of the molecule is CC(C)CCNc1nccc(C(=O)N2CCCCC2)n1. The van der Waals surface area contributed by atoms with Crippen LogP contribution in [0.3, 0.4) is 0 Å². The zero-order chi connectivity index (χ0) is 14.4. The third-order valence-corrected chi connectivity index (χ3v) is 3.52. The van der Waals surface area contributed by atoms with E-state index in [1.807, 2.05) is 4.90 Å². The molecule has 0 unspecified atom stereocenters. The summed E-state index contributed by atoms with van der Waals surface area (Å²) in [7, 11) is 0. The smallest absolute Gasteiger partial charge is 0.272 e. The lowest BCUT2D eigenvalue weighted by atomic mass is 10.1. The quantitative estimate of drug-likeness (QED) is 0.898. The molecule has 0 radical (unpaired) electrons. The second-order valence-corrected chi connectivity index (χ2v) is 5.73. The number of likely N-dealkylation sites (tertiary alicyclic amines) is 1. The van der Waals surface area contributed by atoms with Gasteiger partial charge in [-0.15, -0.1) is 0 Å². The number of hydrogen-bond donors (Lipinski definition) is 1. The maximum absolute atomic E-state index is 12.3. The second-order valence-electron chi connectivity index (χ2n) is 5.73. The van der Waals surface area contributed by atoms with Gasteiger partial charge in [-0.3, -0.25) is 4.79 Å². The van der Waals surface area contributed by atoms with Crippen molar-refractivity contribution in [1.29, 1.82) is 0 Å². The molecule has 5 heteroatoms. The van der Waals surface area contributed by atoms with Crippen LogP contribution in [0.2, 0.25) is 0 Å². The van der Waals surface area contributed by atoms with Gasteiger partial charge in [0.05, 0.1) is 0 Å². The minimum atomic E-state index is 0.0269. The van der Waals surface area contributed by atoms with E-state index in [1.165, 1.54) is 6.42 Å². The molecular weight excluding hydrogens is 252 g/mol. The molecule has 1 aromatic rings. The fourth-order valence-electron chi connectivity index (χ4n) is 2.29. The van der Waals surface area contributed by atoms with Gasteiger partial charge < -0.3 is 10.2 Å². The number of rotatable bonds is 5. The first-order valence-corrected chi connectivity index (χ1v) is 7.53. The average Bonchev–Trinajstić information content (AvgIpc) is 2.47. The molecule has 1 aliphatic heterocycles. The zero-order valence-corrected chi connectivity index (χ0v) is 12.4. The van der Waals surface area contributed by atoms with Crippen molar-refractivity contribution in [3.63, 3.8) is 0 Å². The average molecular weight is 276 g/mol. The Balaban J connectivity index is 1.95. The first kappa shape index (κ1) is 14.8. The number of hydrogen-bond acceptors (Lipinski definition) is 4. The lowest BCUT2D eigenvalue weighted by Crippen LogP contribution is -2.36. The van der Waals surface area contributed by atoms with E-state index in [9.17, 15) is 4.79 Å². The van der Waals surface area contributed by atoms with E-state index in [0.29, 0.717) is 17.6 Å². The Hall–Kier alpha value is -1.65. The van der Waals surface area contributed by atoms with Crippen LogP contribution in [0.5, 0.6) is 0 Å². The summed E-state index contributed by atoms with van der Waals surface area (Å²) in [6.45, 7) is 6.88. The first-order chi connectivity index (χ1) is 9.66.